The molecule has 3 nitrogen and oxygen atoms in total. The summed E-state index contributed by atoms with van der Waals surface area (Å²) in [6.45, 7) is 2.53. The number of benzene rings is 2. The molecular formula is C18H17NO2. The summed E-state index contributed by atoms with van der Waals surface area (Å²) in [5, 5.41) is 1.04. The third-order valence-corrected chi connectivity index (χ3v) is 3.40. The Labute approximate surface area is 123 Å². The van der Waals surface area contributed by atoms with Crippen molar-refractivity contribution in [3.05, 3.63) is 66.4 Å². The number of carbonyl (C=O) groups excluding carboxylic acids is 1. The summed E-state index contributed by atoms with van der Waals surface area (Å²) in [6.07, 6.45) is 1.93. The summed E-state index contributed by atoms with van der Waals surface area (Å²) in [5.74, 6) is 0.988. The van der Waals surface area contributed by atoms with Crippen molar-refractivity contribution >= 4 is 16.7 Å². The third kappa shape index (κ3) is 2.97. The zero-order valence-electron chi connectivity index (χ0n) is 12.0. The molecule has 0 aliphatic heterocycles. The number of fused-ring (bicyclic) bond motifs is 1. The van der Waals surface area contributed by atoms with Crippen LogP contribution in [0.5, 0.6) is 5.75 Å². The first-order valence-electron chi connectivity index (χ1n) is 6.98. The van der Waals surface area contributed by atoms with E-state index in [1.165, 1.54) is 0 Å². The summed E-state index contributed by atoms with van der Waals surface area (Å²) in [4.78, 5) is 11.3. The minimum atomic E-state index is 0.142. The van der Waals surface area contributed by atoms with Gasteiger partial charge in [-0.25, -0.2) is 0 Å². The number of aromatic nitrogens is 1. The Hall–Kier alpha value is -2.55. The second kappa shape index (κ2) is 5.83. The van der Waals surface area contributed by atoms with Crippen molar-refractivity contribution in [2.75, 3.05) is 0 Å². The lowest BCUT2D eigenvalue weighted by Gasteiger charge is -2.08. The molecule has 0 bridgehead atoms. The number of ether oxygens (including phenoxy) is 1. The highest BCUT2D eigenvalue weighted by Crippen LogP contribution is 2.27. The maximum Gasteiger partial charge on any atom is 0.149 e. The van der Waals surface area contributed by atoms with Gasteiger partial charge in [-0.2, -0.15) is 0 Å². The van der Waals surface area contributed by atoms with Gasteiger partial charge in [0, 0.05) is 11.6 Å². The number of nitrogens with zero attached hydrogens (tertiary/aromatic N) is 1. The lowest BCUT2D eigenvalue weighted by molar-refractivity contribution is -0.117. The maximum atomic E-state index is 11.3. The van der Waals surface area contributed by atoms with E-state index in [4.69, 9.17) is 4.74 Å². The summed E-state index contributed by atoms with van der Waals surface area (Å²) >= 11 is 0. The van der Waals surface area contributed by atoms with E-state index in [1.807, 2.05) is 65.4 Å². The minimum absolute atomic E-state index is 0.142. The fourth-order valence-corrected chi connectivity index (χ4v) is 2.43. The van der Waals surface area contributed by atoms with E-state index in [0.29, 0.717) is 13.2 Å². The van der Waals surface area contributed by atoms with Crippen molar-refractivity contribution in [1.29, 1.82) is 0 Å². The Morgan fingerprint density at radius 2 is 1.86 bits per heavy atom. The molecule has 0 amide bonds. The summed E-state index contributed by atoms with van der Waals surface area (Å²) in [6, 6.07) is 18.0. The molecule has 2 aromatic carbocycles. The molecule has 0 aliphatic rings. The van der Waals surface area contributed by atoms with Gasteiger partial charge in [-0.1, -0.05) is 36.4 Å². The SMILES string of the molecule is CC(=O)Cn1ccc2c(OCc3ccccc3)cccc21. The second-order valence-electron chi connectivity index (χ2n) is 5.11. The van der Waals surface area contributed by atoms with Gasteiger partial charge in [-0.15, -0.1) is 0 Å². The van der Waals surface area contributed by atoms with E-state index < -0.39 is 0 Å². The molecule has 0 spiro atoms. The highest BCUT2D eigenvalue weighted by Gasteiger charge is 2.07. The van der Waals surface area contributed by atoms with Gasteiger partial charge in [-0.3, -0.25) is 4.79 Å². The molecule has 3 heteroatoms. The van der Waals surface area contributed by atoms with Gasteiger partial charge in [-0.05, 0) is 30.7 Å². The molecule has 3 aromatic rings. The highest BCUT2D eigenvalue weighted by molar-refractivity contribution is 5.88. The molecule has 0 N–H and O–H groups in total. The molecule has 0 unspecified atom stereocenters. The van der Waals surface area contributed by atoms with Crippen molar-refractivity contribution in [1.82, 2.24) is 4.57 Å². The summed E-state index contributed by atoms with van der Waals surface area (Å²) in [5.41, 5.74) is 2.16. The first-order valence-corrected chi connectivity index (χ1v) is 6.98. The highest BCUT2D eigenvalue weighted by atomic mass is 16.5. The molecule has 21 heavy (non-hydrogen) atoms. The first kappa shape index (κ1) is 13.4. The van der Waals surface area contributed by atoms with Crippen LogP contribution >= 0.6 is 0 Å². The monoisotopic (exact) mass is 279 g/mol. The number of carbonyl (C=O) groups is 1. The molecule has 0 fully saturated rings. The zero-order valence-corrected chi connectivity index (χ0v) is 12.0. The molecule has 3 rings (SSSR count). The predicted molar refractivity (Wildman–Crippen MR) is 83.4 cm³/mol. The van der Waals surface area contributed by atoms with Crippen molar-refractivity contribution in [3.8, 4) is 5.75 Å². The molecule has 0 aliphatic carbocycles. The Kier molecular flexibility index (Phi) is 3.73. The molecule has 1 aromatic heterocycles. The number of hydrogen-bond donors (Lipinski definition) is 0. The number of Topliss-reactive ketones (excluding diaryl/α,β-unsaturated/α-hetero) is 1. The van der Waals surface area contributed by atoms with Gasteiger partial charge in [0.2, 0.25) is 0 Å². The van der Waals surface area contributed by atoms with Crippen LogP contribution in [-0.4, -0.2) is 10.4 Å². The smallest absolute Gasteiger partial charge is 0.149 e. The minimum Gasteiger partial charge on any atom is -0.488 e. The van der Waals surface area contributed by atoms with Gasteiger partial charge in [0.1, 0.15) is 18.1 Å². The van der Waals surface area contributed by atoms with E-state index in [0.717, 1.165) is 22.2 Å². The Bertz CT molecular complexity index is 759. The van der Waals surface area contributed by atoms with Crippen molar-refractivity contribution in [2.45, 2.75) is 20.1 Å². The van der Waals surface area contributed by atoms with Gasteiger partial charge in [0.05, 0.1) is 12.1 Å². The van der Waals surface area contributed by atoms with E-state index in [9.17, 15) is 4.79 Å². The molecular weight excluding hydrogens is 262 g/mol. The van der Waals surface area contributed by atoms with Crippen LogP contribution in [0.2, 0.25) is 0 Å². The normalized spacial score (nSPS) is 10.7. The lowest BCUT2D eigenvalue weighted by atomic mass is 10.2. The van der Waals surface area contributed by atoms with Gasteiger partial charge >= 0.3 is 0 Å². The average molecular weight is 279 g/mol. The predicted octanol–water partition coefficient (Wildman–Crippen LogP) is 3.81. The van der Waals surface area contributed by atoms with Crippen LogP contribution in [0.15, 0.2) is 60.8 Å². The quantitative estimate of drug-likeness (QED) is 0.711. The number of rotatable bonds is 5. The second-order valence-corrected chi connectivity index (χ2v) is 5.11. The standard InChI is InChI=1S/C18H17NO2/c1-14(20)12-19-11-10-16-17(19)8-5-9-18(16)21-13-15-6-3-2-4-7-15/h2-11H,12-13H2,1H3. The van der Waals surface area contributed by atoms with E-state index in [1.54, 1.807) is 6.92 Å². The summed E-state index contributed by atoms with van der Waals surface area (Å²) in [7, 11) is 0. The average Bonchev–Trinajstić information content (AvgIpc) is 2.89. The van der Waals surface area contributed by atoms with Crippen LogP contribution in [0.3, 0.4) is 0 Å². The van der Waals surface area contributed by atoms with Crippen molar-refractivity contribution < 1.29 is 9.53 Å². The Balaban J connectivity index is 1.86. The van der Waals surface area contributed by atoms with Crippen LogP contribution in [-0.2, 0) is 17.9 Å². The number of hydrogen-bond acceptors (Lipinski definition) is 2. The van der Waals surface area contributed by atoms with Crippen LogP contribution in [0.4, 0.5) is 0 Å². The van der Waals surface area contributed by atoms with E-state index in [-0.39, 0.29) is 5.78 Å². The maximum absolute atomic E-state index is 11.3. The van der Waals surface area contributed by atoms with E-state index in [2.05, 4.69) is 0 Å². The van der Waals surface area contributed by atoms with Gasteiger partial charge < -0.3 is 9.30 Å². The Morgan fingerprint density at radius 1 is 1.05 bits per heavy atom. The van der Waals surface area contributed by atoms with Gasteiger partial charge in [0.15, 0.2) is 0 Å². The topological polar surface area (TPSA) is 31.2 Å². The zero-order chi connectivity index (χ0) is 14.7. The lowest BCUT2D eigenvalue weighted by Crippen LogP contribution is -2.04. The molecule has 0 radical (unpaired) electrons. The molecule has 106 valence electrons. The Morgan fingerprint density at radius 3 is 2.62 bits per heavy atom. The van der Waals surface area contributed by atoms with Crippen LogP contribution in [0, 0.1) is 0 Å². The molecule has 0 saturated carbocycles. The molecule has 0 atom stereocenters. The fourth-order valence-electron chi connectivity index (χ4n) is 2.43. The third-order valence-electron chi connectivity index (χ3n) is 3.40. The van der Waals surface area contributed by atoms with Crippen LogP contribution in [0.25, 0.3) is 10.9 Å². The van der Waals surface area contributed by atoms with Crippen molar-refractivity contribution in [3.63, 3.8) is 0 Å². The van der Waals surface area contributed by atoms with Gasteiger partial charge in [0.25, 0.3) is 0 Å². The first-order chi connectivity index (χ1) is 10.2. The largest absolute Gasteiger partial charge is 0.488 e. The van der Waals surface area contributed by atoms with Crippen molar-refractivity contribution in [2.24, 2.45) is 0 Å². The summed E-state index contributed by atoms with van der Waals surface area (Å²) < 4.78 is 7.88. The molecule has 1 heterocycles. The van der Waals surface area contributed by atoms with E-state index >= 15 is 0 Å². The molecule has 0 saturated heterocycles. The fraction of sp³-hybridized carbons (Fsp3) is 0.167. The van der Waals surface area contributed by atoms with Crippen LogP contribution in [0.1, 0.15) is 12.5 Å². The van der Waals surface area contributed by atoms with Crippen LogP contribution < -0.4 is 4.74 Å². The number of ketones is 1.